The molecule has 0 aliphatic rings. The van der Waals surface area contributed by atoms with Gasteiger partial charge in [0.05, 0.1) is 6.61 Å². The highest BCUT2D eigenvalue weighted by Crippen LogP contribution is 2.20. The Kier molecular flexibility index (Phi) is 7.92. The zero-order chi connectivity index (χ0) is 18.8. The lowest BCUT2D eigenvalue weighted by Gasteiger charge is -2.19. The van der Waals surface area contributed by atoms with Gasteiger partial charge in [-0.2, -0.15) is 0 Å². The predicted molar refractivity (Wildman–Crippen MR) is 97.8 cm³/mol. The molecule has 0 saturated carbocycles. The van der Waals surface area contributed by atoms with Gasteiger partial charge in [0.1, 0.15) is 24.6 Å². The zero-order valence-corrected chi connectivity index (χ0v) is 14.8. The topological polar surface area (TPSA) is 88.0 Å². The van der Waals surface area contributed by atoms with Crippen molar-refractivity contribution >= 4 is 6.09 Å². The summed E-state index contributed by atoms with van der Waals surface area (Å²) in [5.74, 6) is 0.708. The van der Waals surface area contributed by atoms with Crippen LogP contribution in [0, 0.1) is 0 Å². The summed E-state index contributed by atoms with van der Waals surface area (Å²) in [6.07, 6.45) is -2.01. The standard InChI is InChI=1S/C20H25NO5/c1-2-12-25-17-10-8-16(9-11-17)19(23)18(22)13-21-20(24)26-14-15-6-4-3-5-7-15/h3-11,18-19,22-23H,2,12-14H2,1H3,(H,21,24). The molecule has 140 valence electrons. The van der Waals surface area contributed by atoms with Crippen molar-refractivity contribution in [3.8, 4) is 5.75 Å². The van der Waals surface area contributed by atoms with Gasteiger partial charge in [0, 0.05) is 6.54 Å². The molecule has 0 saturated heterocycles. The van der Waals surface area contributed by atoms with Gasteiger partial charge in [-0.1, -0.05) is 49.4 Å². The number of alkyl carbamates (subject to hydrolysis) is 1. The van der Waals surface area contributed by atoms with Crippen molar-refractivity contribution in [2.45, 2.75) is 32.2 Å². The lowest BCUT2D eigenvalue weighted by molar-refractivity contribution is 0.0184. The van der Waals surface area contributed by atoms with Crippen LogP contribution < -0.4 is 10.1 Å². The molecule has 2 aromatic rings. The molecular formula is C20H25NO5. The SMILES string of the molecule is CCCOc1ccc(C(O)C(O)CNC(=O)OCc2ccccc2)cc1. The maximum Gasteiger partial charge on any atom is 0.407 e. The minimum absolute atomic E-state index is 0.122. The Morgan fingerprint density at radius 1 is 1.08 bits per heavy atom. The molecule has 0 fully saturated rings. The third-order valence-corrected chi connectivity index (χ3v) is 3.73. The van der Waals surface area contributed by atoms with Crippen LogP contribution in [0.3, 0.4) is 0 Å². The Morgan fingerprint density at radius 3 is 2.42 bits per heavy atom. The van der Waals surface area contributed by atoms with E-state index in [1.165, 1.54) is 0 Å². The summed E-state index contributed by atoms with van der Waals surface area (Å²) in [6.45, 7) is 2.67. The van der Waals surface area contributed by atoms with E-state index in [1.54, 1.807) is 24.3 Å². The quantitative estimate of drug-likeness (QED) is 0.641. The first-order chi connectivity index (χ1) is 12.6. The van der Waals surface area contributed by atoms with E-state index in [0.717, 1.165) is 12.0 Å². The normalized spacial score (nSPS) is 12.9. The monoisotopic (exact) mass is 359 g/mol. The molecule has 0 aromatic heterocycles. The highest BCUT2D eigenvalue weighted by molar-refractivity contribution is 5.67. The number of rotatable bonds is 9. The van der Waals surface area contributed by atoms with Crippen molar-refractivity contribution < 1.29 is 24.5 Å². The van der Waals surface area contributed by atoms with Crippen LogP contribution in [0.2, 0.25) is 0 Å². The average Bonchev–Trinajstić information content (AvgIpc) is 2.69. The molecule has 2 atom stereocenters. The molecule has 2 unspecified atom stereocenters. The fourth-order valence-corrected chi connectivity index (χ4v) is 2.28. The van der Waals surface area contributed by atoms with Crippen molar-refractivity contribution in [1.29, 1.82) is 0 Å². The van der Waals surface area contributed by atoms with E-state index in [2.05, 4.69) is 5.32 Å². The van der Waals surface area contributed by atoms with Crippen molar-refractivity contribution in [1.82, 2.24) is 5.32 Å². The summed E-state index contributed by atoms with van der Waals surface area (Å²) in [5.41, 5.74) is 1.41. The molecule has 0 aliphatic carbocycles. The summed E-state index contributed by atoms with van der Waals surface area (Å²) in [4.78, 5) is 11.7. The average molecular weight is 359 g/mol. The fourth-order valence-electron chi connectivity index (χ4n) is 2.28. The Bertz CT molecular complexity index is 660. The Labute approximate surface area is 153 Å². The summed E-state index contributed by atoms with van der Waals surface area (Å²) in [5, 5.41) is 22.7. The molecule has 2 rings (SSSR count). The molecule has 1 amide bonds. The summed E-state index contributed by atoms with van der Waals surface area (Å²) in [7, 11) is 0. The van der Waals surface area contributed by atoms with Gasteiger partial charge in [-0.05, 0) is 29.7 Å². The first-order valence-corrected chi connectivity index (χ1v) is 8.63. The second kappa shape index (κ2) is 10.4. The third-order valence-electron chi connectivity index (χ3n) is 3.73. The lowest BCUT2D eigenvalue weighted by atomic mass is 10.0. The molecule has 0 bridgehead atoms. The van der Waals surface area contributed by atoms with Gasteiger partial charge < -0.3 is 25.0 Å². The van der Waals surface area contributed by atoms with Gasteiger partial charge in [-0.3, -0.25) is 0 Å². The smallest absolute Gasteiger partial charge is 0.407 e. The number of carbonyl (C=O) groups excluding carboxylic acids is 1. The number of carbonyl (C=O) groups is 1. The van der Waals surface area contributed by atoms with Gasteiger partial charge in [0.25, 0.3) is 0 Å². The van der Waals surface area contributed by atoms with E-state index >= 15 is 0 Å². The maximum absolute atomic E-state index is 11.7. The Morgan fingerprint density at radius 2 is 1.77 bits per heavy atom. The van der Waals surface area contributed by atoms with E-state index < -0.39 is 18.3 Å². The third kappa shape index (κ3) is 6.38. The molecule has 2 aromatic carbocycles. The van der Waals surface area contributed by atoms with Crippen molar-refractivity contribution in [3.05, 3.63) is 65.7 Å². The van der Waals surface area contributed by atoms with E-state index in [4.69, 9.17) is 9.47 Å². The number of benzene rings is 2. The van der Waals surface area contributed by atoms with Crippen molar-refractivity contribution in [2.24, 2.45) is 0 Å². The van der Waals surface area contributed by atoms with Crippen molar-refractivity contribution in [3.63, 3.8) is 0 Å². The molecule has 0 heterocycles. The molecule has 26 heavy (non-hydrogen) atoms. The molecule has 0 radical (unpaired) electrons. The van der Waals surface area contributed by atoms with Gasteiger partial charge in [-0.25, -0.2) is 4.79 Å². The van der Waals surface area contributed by atoms with Gasteiger partial charge in [-0.15, -0.1) is 0 Å². The Hall–Kier alpha value is -2.57. The number of ether oxygens (including phenoxy) is 2. The highest BCUT2D eigenvalue weighted by Gasteiger charge is 2.19. The van der Waals surface area contributed by atoms with E-state index in [0.29, 0.717) is 17.9 Å². The highest BCUT2D eigenvalue weighted by atomic mass is 16.5. The largest absolute Gasteiger partial charge is 0.494 e. The molecule has 6 nitrogen and oxygen atoms in total. The second-order valence-electron chi connectivity index (χ2n) is 5.87. The summed E-state index contributed by atoms with van der Waals surface area (Å²) >= 11 is 0. The van der Waals surface area contributed by atoms with Crippen LogP contribution in [0.15, 0.2) is 54.6 Å². The predicted octanol–water partition coefficient (Wildman–Crippen LogP) is 2.80. The minimum atomic E-state index is -1.15. The van der Waals surface area contributed by atoms with Gasteiger partial charge >= 0.3 is 6.09 Å². The molecular weight excluding hydrogens is 334 g/mol. The maximum atomic E-state index is 11.7. The first kappa shape index (κ1) is 19.8. The molecule has 3 N–H and O–H groups in total. The van der Waals surface area contributed by atoms with Crippen LogP contribution in [0.1, 0.15) is 30.6 Å². The van der Waals surface area contributed by atoms with Crippen LogP contribution in [-0.2, 0) is 11.3 Å². The number of hydrogen-bond acceptors (Lipinski definition) is 5. The summed E-state index contributed by atoms with van der Waals surface area (Å²) < 4.78 is 10.5. The zero-order valence-electron chi connectivity index (χ0n) is 14.8. The Balaban J connectivity index is 1.75. The van der Waals surface area contributed by atoms with E-state index in [-0.39, 0.29) is 13.2 Å². The van der Waals surface area contributed by atoms with Crippen LogP contribution in [0.4, 0.5) is 4.79 Å². The number of aliphatic hydroxyl groups excluding tert-OH is 2. The molecule has 0 aliphatic heterocycles. The van der Waals surface area contributed by atoms with E-state index in [9.17, 15) is 15.0 Å². The van der Waals surface area contributed by atoms with Crippen LogP contribution >= 0.6 is 0 Å². The van der Waals surface area contributed by atoms with Gasteiger partial charge in [0.2, 0.25) is 0 Å². The number of nitrogens with one attached hydrogen (secondary N) is 1. The lowest BCUT2D eigenvalue weighted by Crippen LogP contribution is -2.35. The van der Waals surface area contributed by atoms with E-state index in [1.807, 2.05) is 37.3 Å². The second-order valence-corrected chi connectivity index (χ2v) is 5.87. The minimum Gasteiger partial charge on any atom is -0.494 e. The summed E-state index contributed by atoms with van der Waals surface area (Å²) in [6, 6.07) is 16.1. The van der Waals surface area contributed by atoms with Crippen molar-refractivity contribution in [2.75, 3.05) is 13.2 Å². The number of amides is 1. The fraction of sp³-hybridized carbons (Fsp3) is 0.350. The van der Waals surface area contributed by atoms with Gasteiger partial charge in [0.15, 0.2) is 0 Å². The molecule has 0 spiro atoms. The molecule has 6 heteroatoms. The first-order valence-electron chi connectivity index (χ1n) is 8.63. The van der Waals surface area contributed by atoms with Crippen LogP contribution in [0.25, 0.3) is 0 Å². The van der Waals surface area contributed by atoms with Crippen LogP contribution in [-0.4, -0.2) is 35.6 Å². The number of aliphatic hydroxyl groups is 2. The number of hydrogen-bond donors (Lipinski definition) is 3. The van der Waals surface area contributed by atoms with Crippen LogP contribution in [0.5, 0.6) is 5.75 Å².